The number of hydrogen-bond donors (Lipinski definition) is 2. The van der Waals surface area contributed by atoms with E-state index in [1.54, 1.807) is 0 Å². The maximum Gasteiger partial charge on any atom is 0.260 e. The number of hydrazine groups is 1. The summed E-state index contributed by atoms with van der Waals surface area (Å²) in [5.41, 5.74) is 7.14. The molecule has 0 aliphatic carbocycles. The fraction of sp³-hybridized carbons (Fsp3) is 0.188. The van der Waals surface area contributed by atoms with Gasteiger partial charge in [-0.3, -0.25) is 10.6 Å². The molecule has 0 unspecified atom stereocenters. The molecule has 102 valence electrons. The van der Waals surface area contributed by atoms with E-state index in [9.17, 15) is 4.79 Å². The standard InChI is InChI=1S/C16H17N3O/c1-11-6-7-14(18-17)13(10-11)16(20)19-9-8-12-4-2-3-5-15(12)19/h2-7,10,18H,8-9,17H2,1H3. The first kappa shape index (κ1) is 12.7. The van der Waals surface area contributed by atoms with Crippen molar-refractivity contribution in [1.82, 2.24) is 0 Å². The zero-order valence-electron chi connectivity index (χ0n) is 11.4. The third-order valence-corrected chi connectivity index (χ3v) is 3.69. The Morgan fingerprint density at radius 1 is 1.25 bits per heavy atom. The molecule has 1 aliphatic heterocycles. The lowest BCUT2D eigenvalue weighted by molar-refractivity contribution is 0.0990. The van der Waals surface area contributed by atoms with Gasteiger partial charge in [-0.15, -0.1) is 0 Å². The Balaban J connectivity index is 2.00. The molecule has 0 fully saturated rings. The van der Waals surface area contributed by atoms with Crippen LogP contribution >= 0.6 is 0 Å². The van der Waals surface area contributed by atoms with Gasteiger partial charge in [0, 0.05) is 12.2 Å². The van der Waals surface area contributed by atoms with Crippen molar-refractivity contribution in [3.05, 3.63) is 59.2 Å². The van der Waals surface area contributed by atoms with E-state index < -0.39 is 0 Å². The average Bonchev–Trinajstić information content (AvgIpc) is 2.90. The van der Waals surface area contributed by atoms with E-state index in [1.807, 2.05) is 48.2 Å². The van der Waals surface area contributed by atoms with Gasteiger partial charge in [-0.1, -0.05) is 29.8 Å². The monoisotopic (exact) mass is 267 g/mol. The molecule has 0 saturated heterocycles. The van der Waals surface area contributed by atoms with Gasteiger partial charge in [0.25, 0.3) is 5.91 Å². The molecular formula is C16H17N3O. The first-order valence-corrected chi connectivity index (χ1v) is 6.68. The molecule has 1 amide bonds. The number of hydrogen-bond acceptors (Lipinski definition) is 3. The fourth-order valence-electron chi connectivity index (χ4n) is 2.66. The van der Waals surface area contributed by atoms with Gasteiger partial charge < -0.3 is 10.3 Å². The molecule has 3 N–H and O–H groups in total. The van der Waals surface area contributed by atoms with Crippen LogP contribution in [0.5, 0.6) is 0 Å². The second-order valence-electron chi connectivity index (χ2n) is 5.03. The second kappa shape index (κ2) is 4.98. The number of nitrogens with zero attached hydrogens (tertiary/aromatic N) is 1. The summed E-state index contributed by atoms with van der Waals surface area (Å²) in [4.78, 5) is 14.6. The maximum absolute atomic E-state index is 12.8. The van der Waals surface area contributed by atoms with Crippen LogP contribution < -0.4 is 16.2 Å². The number of nitrogen functional groups attached to an aromatic ring is 1. The smallest absolute Gasteiger partial charge is 0.260 e. The van der Waals surface area contributed by atoms with Gasteiger partial charge in [0.05, 0.1) is 11.3 Å². The van der Waals surface area contributed by atoms with E-state index in [2.05, 4.69) is 11.5 Å². The minimum Gasteiger partial charge on any atom is -0.323 e. The van der Waals surface area contributed by atoms with Crippen LogP contribution in [0.3, 0.4) is 0 Å². The first-order valence-electron chi connectivity index (χ1n) is 6.68. The highest BCUT2D eigenvalue weighted by molar-refractivity contribution is 6.10. The zero-order valence-corrected chi connectivity index (χ0v) is 11.4. The van der Waals surface area contributed by atoms with Gasteiger partial charge in [0.15, 0.2) is 0 Å². The molecular weight excluding hydrogens is 250 g/mol. The Kier molecular flexibility index (Phi) is 3.16. The number of anilines is 2. The molecule has 1 heterocycles. The summed E-state index contributed by atoms with van der Waals surface area (Å²) in [6.45, 7) is 2.69. The number of carbonyl (C=O) groups is 1. The molecule has 1 aliphatic rings. The zero-order chi connectivity index (χ0) is 14.1. The molecule has 20 heavy (non-hydrogen) atoms. The van der Waals surface area contributed by atoms with E-state index in [0.29, 0.717) is 11.3 Å². The molecule has 2 aromatic rings. The van der Waals surface area contributed by atoms with Crippen molar-refractivity contribution < 1.29 is 4.79 Å². The van der Waals surface area contributed by atoms with Crippen molar-refractivity contribution in [3.63, 3.8) is 0 Å². The second-order valence-corrected chi connectivity index (χ2v) is 5.03. The van der Waals surface area contributed by atoms with Gasteiger partial charge in [-0.25, -0.2) is 0 Å². The van der Waals surface area contributed by atoms with E-state index in [1.165, 1.54) is 5.56 Å². The van der Waals surface area contributed by atoms with Crippen molar-refractivity contribution in [1.29, 1.82) is 0 Å². The van der Waals surface area contributed by atoms with Crippen LogP contribution in [0.2, 0.25) is 0 Å². The van der Waals surface area contributed by atoms with Crippen molar-refractivity contribution in [3.8, 4) is 0 Å². The van der Waals surface area contributed by atoms with Gasteiger partial charge in [-0.05, 0) is 37.1 Å². The van der Waals surface area contributed by atoms with Gasteiger partial charge in [0.1, 0.15) is 0 Å². The number of fused-ring (bicyclic) bond motifs is 1. The Hall–Kier alpha value is -2.33. The lowest BCUT2D eigenvalue weighted by Crippen LogP contribution is -2.30. The number of benzene rings is 2. The molecule has 4 heteroatoms. The number of amides is 1. The summed E-state index contributed by atoms with van der Waals surface area (Å²) >= 11 is 0. The molecule has 0 aromatic heterocycles. The highest BCUT2D eigenvalue weighted by Gasteiger charge is 2.26. The maximum atomic E-state index is 12.8. The van der Waals surface area contributed by atoms with Crippen molar-refractivity contribution in [2.24, 2.45) is 5.84 Å². The van der Waals surface area contributed by atoms with Crippen LogP contribution in [0.1, 0.15) is 21.5 Å². The lowest BCUT2D eigenvalue weighted by Gasteiger charge is -2.19. The largest absolute Gasteiger partial charge is 0.323 e. The topological polar surface area (TPSA) is 58.4 Å². The Labute approximate surface area is 118 Å². The minimum absolute atomic E-state index is 0.00778. The third kappa shape index (κ3) is 2.04. The van der Waals surface area contributed by atoms with Gasteiger partial charge >= 0.3 is 0 Å². The van der Waals surface area contributed by atoms with Crippen LogP contribution in [-0.2, 0) is 6.42 Å². The highest BCUT2D eigenvalue weighted by atomic mass is 16.2. The molecule has 4 nitrogen and oxygen atoms in total. The van der Waals surface area contributed by atoms with E-state index in [0.717, 1.165) is 24.2 Å². The Morgan fingerprint density at radius 3 is 2.85 bits per heavy atom. The minimum atomic E-state index is -0.00778. The SMILES string of the molecule is Cc1ccc(NN)c(C(=O)N2CCc3ccccc32)c1. The highest BCUT2D eigenvalue weighted by Crippen LogP contribution is 2.30. The van der Waals surface area contributed by atoms with Crippen LogP contribution in [0.25, 0.3) is 0 Å². The summed E-state index contributed by atoms with van der Waals surface area (Å²) in [5, 5.41) is 0. The quantitative estimate of drug-likeness (QED) is 0.649. The van der Waals surface area contributed by atoms with Gasteiger partial charge in [0.2, 0.25) is 0 Å². The van der Waals surface area contributed by atoms with Gasteiger partial charge in [-0.2, -0.15) is 0 Å². The summed E-state index contributed by atoms with van der Waals surface area (Å²) in [6.07, 6.45) is 0.902. The number of nitrogens with two attached hydrogens (primary N) is 1. The number of aryl methyl sites for hydroxylation is 1. The number of para-hydroxylation sites is 1. The Morgan fingerprint density at radius 2 is 2.05 bits per heavy atom. The molecule has 0 saturated carbocycles. The lowest BCUT2D eigenvalue weighted by atomic mass is 10.1. The fourth-order valence-corrected chi connectivity index (χ4v) is 2.66. The average molecular weight is 267 g/mol. The summed E-state index contributed by atoms with van der Waals surface area (Å²) in [7, 11) is 0. The van der Waals surface area contributed by atoms with Crippen molar-refractivity contribution in [2.45, 2.75) is 13.3 Å². The predicted octanol–water partition coefficient (Wildman–Crippen LogP) is 2.48. The summed E-state index contributed by atoms with van der Waals surface area (Å²) < 4.78 is 0. The first-order chi connectivity index (χ1) is 9.70. The van der Waals surface area contributed by atoms with Crippen LogP contribution in [0, 0.1) is 6.92 Å². The van der Waals surface area contributed by atoms with E-state index >= 15 is 0 Å². The van der Waals surface area contributed by atoms with Crippen LogP contribution in [0.15, 0.2) is 42.5 Å². The molecule has 0 atom stereocenters. The van der Waals surface area contributed by atoms with Crippen LogP contribution in [0.4, 0.5) is 11.4 Å². The van der Waals surface area contributed by atoms with Crippen LogP contribution in [-0.4, -0.2) is 12.5 Å². The summed E-state index contributed by atoms with van der Waals surface area (Å²) in [5.74, 6) is 5.50. The molecule has 3 rings (SSSR count). The number of nitrogens with one attached hydrogen (secondary N) is 1. The van der Waals surface area contributed by atoms with Crippen molar-refractivity contribution >= 4 is 17.3 Å². The summed E-state index contributed by atoms with van der Waals surface area (Å²) in [6, 6.07) is 13.7. The number of rotatable bonds is 2. The molecule has 0 bridgehead atoms. The van der Waals surface area contributed by atoms with E-state index in [4.69, 9.17) is 5.84 Å². The normalized spacial score (nSPS) is 13.2. The third-order valence-electron chi connectivity index (χ3n) is 3.69. The molecule has 0 radical (unpaired) electrons. The van der Waals surface area contributed by atoms with Crippen molar-refractivity contribution in [2.75, 3.05) is 16.9 Å². The number of carbonyl (C=O) groups excluding carboxylic acids is 1. The predicted molar refractivity (Wildman–Crippen MR) is 80.8 cm³/mol. The molecule has 2 aromatic carbocycles. The molecule has 0 spiro atoms. The Bertz CT molecular complexity index is 667. The van der Waals surface area contributed by atoms with E-state index in [-0.39, 0.29) is 5.91 Å².